The molecule has 0 spiro atoms. The van der Waals surface area contributed by atoms with Crippen molar-refractivity contribution in [3.05, 3.63) is 30.1 Å². The number of ether oxygens (including phenoxy) is 1. The zero-order valence-corrected chi connectivity index (χ0v) is 12.5. The van der Waals surface area contributed by atoms with E-state index in [-0.39, 0.29) is 11.2 Å². The molecule has 4 nitrogen and oxygen atoms in total. The fraction of sp³-hybridized carbons (Fsp3) is 0.400. The first kappa shape index (κ1) is 15.3. The lowest BCUT2D eigenvalue weighted by molar-refractivity contribution is -0.0494. The Morgan fingerprint density at radius 2 is 1.86 bits per heavy atom. The zero-order chi connectivity index (χ0) is 15.8. The smallest absolute Gasteiger partial charge is 0.387 e. The van der Waals surface area contributed by atoms with Gasteiger partial charge in [0.1, 0.15) is 23.1 Å². The third kappa shape index (κ3) is 2.99. The van der Waals surface area contributed by atoms with Crippen molar-refractivity contribution < 1.29 is 13.5 Å². The van der Waals surface area contributed by atoms with Crippen LogP contribution in [0.15, 0.2) is 24.3 Å². The van der Waals surface area contributed by atoms with Crippen LogP contribution in [0.3, 0.4) is 0 Å². The molecule has 6 heteroatoms. The molecule has 0 aliphatic rings. The number of anilines is 1. The SMILES string of the molecule is Cn1c(C(C)(C)C)nc(-c2ccccc2OC(F)F)c1N. The van der Waals surface area contributed by atoms with Crippen LogP contribution in [0, 0.1) is 0 Å². The van der Waals surface area contributed by atoms with Gasteiger partial charge >= 0.3 is 6.61 Å². The van der Waals surface area contributed by atoms with Gasteiger partial charge in [0.2, 0.25) is 0 Å². The first-order chi connectivity index (χ1) is 9.71. The van der Waals surface area contributed by atoms with Crippen molar-refractivity contribution in [3.63, 3.8) is 0 Å². The molecule has 2 N–H and O–H groups in total. The van der Waals surface area contributed by atoms with Gasteiger partial charge in [-0.25, -0.2) is 4.98 Å². The second kappa shape index (κ2) is 5.35. The summed E-state index contributed by atoms with van der Waals surface area (Å²) in [4.78, 5) is 4.53. The average Bonchev–Trinajstić information content (AvgIpc) is 2.66. The summed E-state index contributed by atoms with van der Waals surface area (Å²) in [5.74, 6) is 1.27. The minimum Gasteiger partial charge on any atom is -0.434 e. The lowest BCUT2D eigenvalue weighted by atomic mass is 9.96. The highest BCUT2D eigenvalue weighted by Gasteiger charge is 2.25. The van der Waals surface area contributed by atoms with Gasteiger partial charge in [-0.05, 0) is 12.1 Å². The summed E-state index contributed by atoms with van der Waals surface area (Å²) < 4.78 is 31.3. The van der Waals surface area contributed by atoms with Crippen LogP contribution in [0.4, 0.5) is 14.6 Å². The first-order valence-corrected chi connectivity index (χ1v) is 6.58. The number of para-hydroxylation sites is 1. The third-order valence-electron chi connectivity index (χ3n) is 3.17. The van der Waals surface area contributed by atoms with Crippen LogP contribution in [-0.2, 0) is 12.5 Å². The Morgan fingerprint density at radius 3 is 2.38 bits per heavy atom. The summed E-state index contributed by atoms with van der Waals surface area (Å²) in [5.41, 5.74) is 6.80. The van der Waals surface area contributed by atoms with Gasteiger partial charge < -0.3 is 15.0 Å². The topological polar surface area (TPSA) is 53.1 Å². The highest BCUT2D eigenvalue weighted by Crippen LogP contribution is 2.36. The molecule has 0 amide bonds. The van der Waals surface area contributed by atoms with Crippen molar-refractivity contribution in [1.82, 2.24) is 9.55 Å². The van der Waals surface area contributed by atoms with Gasteiger partial charge in [-0.2, -0.15) is 8.78 Å². The van der Waals surface area contributed by atoms with Crippen LogP contribution in [0.5, 0.6) is 5.75 Å². The predicted molar refractivity (Wildman–Crippen MR) is 78.4 cm³/mol. The summed E-state index contributed by atoms with van der Waals surface area (Å²) in [6.07, 6.45) is 0. The van der Waals surface area contributed by atoms with E-state index in [1.807, 2.05) is 27.8 Å². The van der Waals surface area contributed by atoms with E-state index >= 15 is 0 Å². The molecule has 0 aliphatic heterocycles. The molecule has 2 aromatic rings. The fourth-order valence-electron chi connectivity index (χ4n) is 2.24. The molecule has 0 atom stereocenters. The molecule has 0 radical (unpaired) electrons. The minimum absolute atomic E-state index is 0.0674. The second-order valence-corrected chi connectivity index (χ2v) is 5.85. The standard InChI is InChI=1S/C15H19F2N3O/c1-15(2,3)13-19-11(12(18)20(13)4)9-7-5-6-8-10(9)21-14(16)17/h5-8,14H,18H2,1-4H3. The van der Waals surface area contributed by atoms with E-state index in [1.54, 1.807) is 22.8 Å². The molecule has 2 rings (SSSR count). The van der Waals surface area contributed by atoms with E-state index in [4.69, 9.17) is 5.73 Å². The lowest BCUT2D eigenvalue weighted by Crippen LogP contribution is -2.17. The number of halogens is 2. The summed E-state index contributed by atoms with van der Waals surface area (Å²) >= 11 is 0. The van der Waals surface area contributed by atoms with Crippen LogP contribution in [0.2, 0.25) is 0 Å². The zero-order valence-electron chi connectivity index (χ0n) is 12.5. The number of aromatic nitrogens is 2. The van der Waals surface area contributed by atoms with Gasteiger partial charge in [-0.15, -0.1) is 0 Å². The van der Waals surface area contributed by atoms with Crippen molar-refractivity contribution in [2.24, 2.45) is 7.05 Å². The lowest BCUT2D eigenvalue weighted by Gasteiger charge is -2.17. The molecular formula is C15H19F2N3O. The number of alkyl halides is 2. The number of nitrogen functional groups attached to an aromatic ring is 1. The number of imidazole rings is 1. The van der Waals surface area contributed by atoms with Crippen LogP contribution >= 0.6 is 0 Å². The quantitative estimate of drug-likeness (QED) is 0.941. The number of rotatable bonds is 3. The van der Waals surface area contributed by atoms with Crippen LogP contribution in [-0.4, -0.2) is 16.2 Å². The number of nitrogens with zero attached hydrogens (tertiary/aromatic N) is 2. The molecule has 1 aromatic carbocycles. The van der Waals surface area contributed by atoms with Crippen molar-refractivity contribution in [2.45, 2.75) is 32.8 Å². The minimum atomic E-state index is -2.89. The van der Waals surface area contributed by atoms with Crippen LogP contribution in [0.25, 0.3) is 11.3 Å². The Hall–Kier alpha value is -2.11. The molecule has 1 heterocycles. The Labute approximate surface area is 122 Å². The largest absolute Gasteiger partial charge is 0.434 e. The van der Waals surface area contributed by atoms with E-state index in [1.165, 1.54) is 6.07 Å². The molecule has 0 fully saturated rings. The Kier molecular flexibility index (Phi) is 3.89. The maximum Gasteiger partial charge on any atom is 0.387 e. The summed E-state index contributed by atoms with van der Waals surface area (Å²) in [6.45, 7) is 3.15. The highest BCUT2D eigenvalue weighted by molar-refractivity contribution is 5.76. The molecule has 0 aliphatic carbocycles. The molecule has 1 aromatic heterocycles. The van der Waals surface area contributed by atoms with Crippen LogP contribution in [0.1, 0.15) is 26.6 Å². The monoisotopic (exact) mass is 295 g/mol. The predicted octanol–water partition coefficient (Wildman–Crippen LogP) is 3.57. The summed E-state index contributed by atoms with van der Waals surface area (Å²) in [7, 11) is 1.81. The van der Waals surface area contributed by atoms with Crippen LogP contribution < -0.4 is 10.5 Å². The highest BCUT2D eigenvalue weighted by atomic mass is 19.3. The number of hydrogen-bond acceptors (Lipinski definition) is 3. The Morgan fingerprint density at radius 1 is 1.24 bits per heavy atom. The molecule has 114 valence electrons. The van der Waals surface area contributed by atoms with Gasteiger partial charge in [0.25, 0.3) is 0 Å². The van der Waals surface area contributed by atoms with Gasteiger partial charge in [0.05, 0.1) is 0 Å². The molecule has 0 unspecified atom stereocenters. The van der Waals surface area contributed by atoms with Gasteiger partial charge in [-0.1, -0.05) is 32.9 Å². The number of hydrogen-bond donors (Lipinski definition) is 1. The van der Waals surface area contributed by atoms with Gasteiger partial charge in [-0.3, -0.25) is 0 Å². The van der Waals surface area contributed by atoms with E-state index in [9.17, 15) is 8.78 Å². The van der Waals surface area contributed by atoms with Crippen molar-refractivity contribution in [2.75, 3.05) is 5.73 Å². The maximum atomic E-state index is 12.5. The van der Waals surface area contributed by atoms with E-state index in [0.29, 0.717) is 17.1 Å². The number of nitrogens with two attached hydrogens (primary N) is 1. The third-order valence-corrected chi connectivity index (χ3v) is 3.17. The van der Waals surface area contributed by atoms with E-state index in [0.717, 1.165) is 5.82 Å². The summed E-state index contributed by atoms with van der Waals surface area (Å²) in [5, 5.41) is 0. The maximum absolute atomic E-state index is 12.5. The van der Waals surface area contributed by atoms with E-state index < -0.39 is 6.61 Å². The van der Waals surface area contributed by atoms with Crippen molar-refractivity contribution in [3.8, 4) is 17.0 Å². The Balaban J connectivity index is 2.58. The molecular weight excluding hydrogens is 276 g/mol. The molecule has 21 heavy (non-hydrogen) atoms. The van der Waals surface area contributed by atoms with Gasteiger partial charge in [0, 0.05) is 18.0 Å². The second-order valence-electron chi connectivity index (χ2n) is 5.85. The average molecular weight is 295 g/mol. The normalized spacial score (nSPS) is 12.0. The van der Waals surface area contributed by atoms with Crippen molar-refractivity contribution in [1.29, 1.82) is 0 Å². The summed E-state index contributed by atoms with van der Waals surface area (Å²) in [6, 6.07) is 6.51. The molecule has 0 saturated carbocycles. The fourth-order valence-corrected chi connectivity index (χ4v) is 2.24. The van der Waals surface area contributed by atoms with E-state index in [2.05, 4.69) is 9.72 Å². The first-order valence-electron chi connectivity index (χ1n) is 6.58. The Bertz CT molecular complexity index is 645. The van der Waals surface area contributed by atoms with Crippen molar-refractivity contribution >= 4 is 5.82 Å². The molecule has 0 bridgehead atoms. The molecule has 0 saturated heterocycles. The van der Waals surface area contributed by atoms with Gasteiger partial charge in [0.15, 0.2) is 0 Å². The number of benzene rings is 1.